The quantitative estimate of drug-likeness (QED) is 0.531. The van der Waals surface area contributed by atoms with Crippen molar-refractivity contribution in [1.29, 1.82) is 0 Å². The van der Waals surface area contributed by atoms with Crippen molar-refractivity contribution < 1.29 is 4.42 Å². The molecule has 3 heterocycles. The van der Waals surface area contributed by atoms with Crippen molar-refractivity contribution in [2.45, 2.75) is 6.92 Å². The lowest BCUT2D eigenvalue weighted by Gasteiger charge is -2.17. The Kier molecular flexibility index (Phi) is 3.35. The van der Waals surface area contributed by atoms with Crippen LogP contribution in [0.25, 0.3) is 21.3 Å². The molecule has 23 heavy (non-hydrogen) atoms. The Balaban J connectivity index is 1.98. The highest BCUT2D eigenvalue weighted by Crippen LogP contribution is 2.39. The number of furan rings is 1. The highest BCUT2D eigenvalue weighted by molar-refractivity contribution is 7.17. The first-order valence-electron chi connectivity index (χ1n) is 7.32. The zero-order valence-corrected chi connectivity index (χ0v) is 13.7. The molecule has 5 heteroatoms. The maximum absolute atomic E-state index is 5.53. The van der Waals surface area contributed by atoms with Crippen molar-refractivity contribution >= 4 is 33.3 Å². The second-order valence-electron chi connectivity index (χ2n) is 5.30. The van der Waals surface area contributed by atoms with Gasteiger partial charge >= 0.3 is 0 Å². The fourth-order valence-corrected chi connectivity index (χ4v) is 3.65. The van der Waals surface area contributed by atoms with E-state index in [-0.39, 0.29) is 0 Å². The molecule has 0 amide bonds. The standard InChI is InChI=1S/C18H15N3OS/c1-12-19-17(21(2)15-9-6-10-22-15)16-14(11-23-18(16)20-12)13-7-4-3-5-8-13/h3-11H,1-2H3. The smallest absolute Gasteiger partial charge is 0.200 e. The maximum atomic E-state index is 5.53. The molecule has 3 aromatic heterocycles. The molecule has 0 saturated heterocycles. The number of rotatable bonds is 3. The van der Waals surface area contributed by atoms with Crippen LogP contribution in [-0.4, -0.2) is 17.0 Å². The van der Waals surface area contributed by atoms with Crippen molar-refractivity contribution in [3.63, 3.8) is 0 Å². The molecule has 0 radical (unpaired) electrons. The summed E-state index contributed by atoms with van der Waals surface area (Å²) >= 11 is 1.64. The van der Waals surface area contributed by atoms with Gasteiger partial charge < -0.3 is 4.42 Å². The van der Waals surface area contributed by atoms with E-state index in [1.807, 2.05) is 49.2 Å². The molecule has 4 rings (SSSR count). The van der Waals surface area contributed by atoms with Crippen LogP contribution in [0.3, 0.4) is 0 Å². The van der Waals surface area contributed by atoms with Crippen LogP contribution < -0.4 is 4.90 Å². The fraction of sp³-hybridized carbons (Fsp3) is 0.111. The van der Waals surface area contributed by atoms with Gasteiger partial charge in [-0.25, -0.2) is 9.97 Å². The highest BCUT2D eigenvalue weighted by Gasteiger charge is 2.18. The van der Waals surface area contributed by atoms with Crippen molar-refractivity contribution in [2.75, 3.05) is 11.9 Å². The van der Waals surface area contributed by atoms with Gasteiger partial charge in [0.25, 0.3) is 0 Å². The number of nitrogens with zero attached hydrogens (tertiary/aromatic N) is 3. The Morgan fingerprint density at radius 1 is 1.04 bits per heavy atom. The molecule has 114 valence electrons. The van der Waals surface area contributed by atoms with E-state index in [9.17, 15) is 0 Å². The minimum atomic E-state index is 0.757. The van der Waals surface area contributed by atoms with Crippen molar-refractivity contribution in [1.82, 2.24) is 9.97 Å². The summed E-state index contributed by atoms with van der Waals surface area (Å²) < 4.78 is 5.53. The first-order chi connectivity index (χ1) is 11.2. The average molecular weight is 321 g/mol. The van der Waals surface area contributed by atoms with Crippen LogP contribution >= 0.6 is 11.3 Å². The third-order valence-electron chi connectivity index (χ3n) is 3.77. The number of fused-ring (bicyclic) bond motifs is 1. The summed E-state index contributed by atoms with van der Waals surface area (Å²) in [6, 6.07) is 14.1. The van der Waals surface area contributed by atoms with Gasteiger partial charge in [-0.3, -0.25) is 4.90 Å². The molecule has 0 atom stereocenters. The molecule has 0 spiro atoms. The summed E-state index contributed by atoms with van der Waals surface area (Å²) in [6.45, 7) is 1.92. The van der Waals surface area contributed by atoms with E-state index in [4.69, 9.17) is 4.42 Å². The molecule has 0 saturated carbocycles. The summed E-state index contributed by atoms with van der Waals surface area (Å²) in [6.07, 6.45) is 1.67. The van der Waals surface area contributed by atoms with Gasteiger partial charge in [0.1, 0.15) is 16.5 Å². The molecule has 0 N–H and O–H groups in total. The van der Waals surface area contributed by atoms with Crippen molar-refractivity contribution in [3.05, 3.63) is 59.9 Å². The molecule has 0 aliphatic carbocycles. The van der Waals surface area contributed by atoms with Crippen LogP contribution in [0.2, 0.25) is 0 Å². The second kappa shape index (κ2) is 5.52. The summed E-state index contributed by atoms with van der Waals surface area (Å²) in [4.78, 5) is 12.2. The first kappa shape index (κ1) is 14.0. The number of benzene rings is 1. The Morgan fingerprint density at radius 3 is 2.61 bits per heavy atom. The molecule has 1 aromatic carbocycles. The third-order valence-corrected chi connectivity index (χ3v) is 4.64. The number of aryl methyl sites for hydroxylation is 1. The molecule has 0 unspecified atom stereocenters. The monoisotopic (exact) mass is 321 g/mol. The predicted molar refractivity (Wildman–Crippen MR) is 94.4 cm³/mol. The van der Waals surface area contributed by atoms with E-state index < -0.39 is 0 Å². The minimum Gasteiger partial charge on any atom is -0.448 e. The molecular weight excluding hydrogens is 306 g/mol. The number of anilines is 2. The lowest BCUT2D eigenvalue weighted by Crippen LogP contribution is -2.12. The van der Waals surface area contributed by atoms with Crippen LogP contribution in [0.1, 0.15) is 5.82 Å². The molecular formula is C18H15N3OS. The molecule has 0 aliphatic heterocycles. The van der Waals surface area contributed by atoms with Gasteiger partial charge in [-0.2, -0.15) is 0 Å². The molecule has 4 nitrogen and oxygen atoms in total. The normalized spacial score (nSPS) is 11.0. The van der Waals surface area contributed by atoms with Gasteiger partial charge in [0.2, 0.25) is 5.88 Å². The van der Waals surface area contributed by atoms with E-state index >= 15 is 0 Å². The van der Waals surface area contributed by atoms with Crippen LogP contribution in [0.4, 0.5) is 11.7 Å². The van der Waals surface area contributed by atoms with Crippen LogP contribution in [0.15, 0.2) is 58.5 Å². The molecule has 0 aliphatic rings. The van der Waals surface area contributed by atoms with Crippen molar-refractivity contribution in [2.24, 2.45) is 0 Å². The fourth-order valence-electron chi connectivity index (χ4n) is 2.67. The van der Waals surface area contributed by atoms with E-state index in [1.54, 1.807) is 17.6 Å². The van der Waals surface area contributed by atoms with E-state index in [2.05, 4.69) is 27.5 Å². The lowest BCUT2D eigenvalue weighted by molar-refractivity contribution is 0.569. The van der Waals surface area contributed by atoms with Gasteiger partial charge in [0, 0.05) is 24.1 Å². The van der Waals surface area contributed by atoms with Crippen LogP contribution in [0, 0.1) is 6.92 Å². The third kappa shape index (κ3) is 2.39. The van der Waals surface area contributed by atoms with Crippen LogP contribution in [0.5, 0.6) is 0 Å². The zero-order chi connectivity index (χ0) is 15.8. The zero-order valence-electron chi connectivity index (χ0n) is 12.9. The van der Waals surface area contributed by atoms with Crippen molar-refractivity contribution in [3.8, 4) is 11.1 Å². The number of hydrogen-bond donors (Lipinski definition) is 0. The van der Waals surface area contributed by atoms with Gasteiger partial charge in [-0.15, -0.1) is 11.3 Å². The molecule has 0 bridgehead atoms. The van der Waals surface area contributed by atoms with Gasteiger partial charge in [-0.05, 0) is 18.6 Å². The predicted octanol–water partition coefficient (Wildman–Crippen LogP) is 5.03. The topological polar surface area (TPSA) is 42.2 Å². The average Bonchev–Trinajstić information content (AvgIpc) is 3.24. The van der Waals surface area contributed by atoms with Crippen LogP contribution in [-0.2, 0) is 0 Å². The van der Waals surface area contributed by atoms with E-state index in [0.29, 0.717) is 0 Å². The Hall–Kier alpha value is -2.66. The van der Waals surface area contributed by atoms with E-state index in [1.165, 1.54) is 5.56 Å². The number of hydrogen-bond acceptors (Lipinski definition) is 5. The lowest BCUT2D eigenvalue weighted by atomic mass is 10.1. The summed E-state index contributed by atoms with van der Waals surface area (Å²) in [5, 5.41) is 3.21. The number of aromatic nitrogens is 2. The molecule has 4 aromatic rings. The Labute approximate surface area is 138 Å². The highest BCUT2D eigenvalue weighted by atomic mass is 32.1. The van der Waals surface area contributed by atoms with Gasteiger partial charge in [0.05, 0.1) is 11.6 Å². The Morgan fingerprint density at radius 2 is 1.87 bits per heavy atom. The first-order valence-corrected chi connectivity index (χ1v) is 8.20. The minimum absolute atomic E-state index is 0.757. The van der Waals surface area contributed by atoms with Gasteiger partial charge in [0.15, 0.2) is 0 Å². The van der Waals surface area contributed by atoms with Gasteiger partial charge in [-0.1, -0.05) is 30.3 Å². The number of thiophene rings is 1. The summed E-state index contributed by atoms with van der Waals surface area (Å²) in [7, 11) is 1.96. The largest absolute Gasteiger partial charge is 0.448 e. The summed E-state index contributed by atoms with van der Waals surface area (Å²) in [5.41, 5.74) is 2.32. The SMILES string of the molecule is Cc1nc(N(C)c2ccco2)c2c(-c3ccccc3)csc2n1. The Bertz CT molecular complexity index is 945. The summed E-state index contributed by atoms with van der Waals surface area (Å²) in [5.74, 6) is 2.38. The molecule has 0 fully saturated rings. The van der Waals surface area contributed by atoms with E-state index in [0.717, 1.165) is 33.3 Å². The second-order valence-corrected chi connectivity index (χ2v) is 6.16. The maximum Gasteiger partial charge on any atom is 0.200 e.